The number of rotatable bonds is 0. The standard InChI is InChI=1S/C14H8N2O2/c17-12-9-5-3-7-15-13(9)18-14-11(12)8-4-1-2-6-10(8)16-14/h1-7,16H. The smallest absolute Gasteiger partial charge is 0.232 e. The van der Waals surface area contributed by atoms with Gasteiger partial charge in [0.1, 0.15) is 0 Å². The molecular formula is C14H8N2O2. The number of para-hydroxylation sites is 1. The van der Waals surface area contributed by atoms with Gasteiger partial charge in [0.25, 0.3) is 0 Å². The van der Waals surface area contributed by atoms with Crippen molar-refractivity contribution >= 4 is 33.1 Å². The van der Waals surface area contributed by atoms with Crippen LogP contribution < -0.4 is 5.43 Å². The summed E-state index contributed by atoms with van der Waals surface area (Å²) in [4.78, 5) is 19.6. The summed E-state index contributed by atoms with van der Waals surface area (Å²) in [5.74, 6) is 0. The second-order valence-electron chi connectivity index (χ2n) is 4.16. The van der Waals surface area contributed by atoms with E-state index in [0.717, 1.165) is 10.9 Å². The number of nitrogens with one attached hydrogen (secondary N) is 1. The monoisotopic (exact) mass is 236 g/mol. The average Bonchev–Trinajstić information content (AvgIpc) is 2.77. The van der Waals surface area contributed by atoms with Crippen molar-refractivity contribution in [2.24, 2.45) is 0 Å². The maximum absolute atomic E-state index is 12.4. The lowest BCUT2D eigenvalue weighted by atomic mass is 10.1. The van der Waals surface area contributed by atoms with Crippen molar-refractivity contribution in [3.63, 3.8) is 0 Å². The molecule has 4 nitrogen and oxygen atoms in total. The van der Waals surface area contributed by atoms with Gasteiger partial charge < -0.3 is 9.40 Å². The molecule has 0 spiro atoms. The lowest BCUT2D eigenvalue weighted by molar-refractivity contribution is 0.634. The Bertz CT molecular complexity index is 950. The summed E-state index contributed by atoms with van der Waals surface area (Å²) >= 11 is 0. The van der Waals surface area contributed by atoms with E-state index in [-0.39, 0.29) is 5.43 Å². The maximum Gasteiger partial charge on any atom is 0.232 e. The van der Waals surface area contributed by atoms with Gasteiger partial charge in [0.2, 0.25) is 16.9 Å². The van der Waals surface area contributed by atoms with Crippen LogP contribution in [0.25, 0.3) is 33.1 Å². The molecule has 4 rings (SSSR count). The molecule has 86 valence electrons. The molecule has 0 saturated heterocycles. The van der Waals surface area contributed by atoms with E-state index in [1.54, 1.807) is 18.3 Å². The fourth-order valence-corrected chi connectivity index (χ4v) is 2.30. The van der Waals surface area contributed by atoms with Crippen LogP contribution in [0.3, 0.4) is 0 Å². The number of hydrogen-bond acceptors (Lipinski definition) is 3. The normalized spacial score (nSPS) is 11.6. The Morgan fingerprint density at radius 2 is 1.89 bits per heavy atom. The molecule has 0 bridgehead atoms. The van der Waals surface area contributed by atoms with Crippen LogP contribution in [0.1, 0.15) is 0 Å². The Kier molecular flexibility index (Phi) is 1.67. The molecule has 3 heterocycles. The van der Waals surface area contributed by atoms with Crippen molar-refractivity contribution in [1.82, 2.24) is 9.97 Å². The molecule has 4 aromatic rings. The third kappa shape index (κ3) is 1.09. The molecular weight excluding hydrogens is 228 g/mol. The van der Waals surface area contributed by atoms with Gasteiger partial charge in [-0.1, -0.05) is 18.2 Å². The van der Waals surface area contributed by atoms with E-state index in [1.807, 2.05) is 24.3 Å². The quantitative estimate of drug-likeness (QED) is 0.510. The summed E-state index contributed by atoms with van der Waals surface area (Å²) in [5.41, 5.74) is 1.69. The molecule has 18 heavy (non-hydrogen) atoms. The molecule has 0 atom stereocenters. The molecule has 0 saturated carbocycles. The van der Waals surface area contributed by atoms with Crippen molar-refractivity contribution in [3.05, 3.63) is 52.8 Å². The van der Waals surface area contributed by atoms with Crippen molar-refractivity contribution in [3.8, 4) is 0 Å². The zero-order valence-electron chi connectivity index (χ0n) is 9.31. The highest BCUT2D eigenvalue weighted by Gasteiger charge is 2.13. The minimum atomic E-state index is -0.0446. The van der Waals surface area contributed by atoms with Crippen LogP contribution in [0, 0.1) is 0 Å². The molecule has 0 fully saturated rings. The van der Waals surface area contributed by atoms with Crippen LogP contribution in [0.4, 0.5) is 0 Å². The number of pyridine rings is 1. The second kappa shape index (κ2) is 3.20. The summed E-state index contributed by atoms with van der Waals surface area (Å²) < 4.78 is 5.65. The Morgan fingerprint density at radius 1 is 1.06 bits per heavy atom. The predicted octanol–water partition coefficient (Wildman–Crippen LogP) is 2.82. The van der Waals surface area contributed by atoms with Crippen LogP contribution in [-0.4, -0.2) is 9.97 Å². The molecule has 0 aliphatic rings. The maximum atomic E-state index is 12.4. The van der Waals surface area contributed by atoms with E-state index in [4.69, 9.17) is 4.42 Å². The highest BCUT2D eigenvalue weighted by atomic mass is 16.3. The fraction of sp³-hybridized carbons (Fsp3) is 0. The van der Waals surface area contributed by atoms with Gasteiger partial charge in [-0.15, -0.1) is 0 Å². The first-order chi connectivity index (χ1) is 8.84. The van der Waals surface area contributed by atoms with E-state index in [1.165, 1.54) is 0 Å². The first-order valence-corrected chi connectivity index (χ1v) is 5.63. The summed E-state index contributed by atoms with van der Waals surface area (Å²) in [6, 6.07) is 11.1. The largest absolute Gasteiger partial charge is 0.421 e. The first-order valence-electron chi connectivity index (χ1n) is 5.63. The van der Waals surface area contributed by atoms with Crippen LogP contribution >= 0.6 is 0 Å². The Hall–Kier alpha value is -2.62. The van der Waals surface area contributed by atoms with E-state index >= 15 is 0 Å². The number of hydrogen-bond donors (Lipinski definition) is 1. The molecule has 1 aromatic carbocycles. The van der Waals surface area contributed by atoms with Crippen molar-refractivity contribution in [2.45, 2.75) is 0 Å². The number of fused-ring (bicyclic) bond motifs is 4. The Labute approximate surface area is 101 Å². The first kappa shape index (κ1) is 9.41. The van der Waals surface area contributed by atoms with Gasteiger partial charge in [-0.25, -0.2) is 4.98 Å². The number of H-pyrrole nitrogens is 1. The number of benzene rings is 1. The topological polar surface area (TPSA) is 58.9 Å². The molecule has 0 radical (unpaired) electrons. The van der Waals surface area contributed by atoms with Gasteiger partial charge in [0, 0.05) is 17.1 Å². The zero-order chi connectivity index (χ0) is 12.1. The van der Waals surface area contributed by atoms with E-state index in [9.17, 15) is 4.79 Å². The van der Waals surface area contributed by atoms with Gasteiger partial charge in [0.05, 0.1) is 10.8 Å². The molecule has 0 aliphatic heterocycles. The highest BCUT2D eigenvalue weighted by molar-refractivity contribution is 6.07. The summed E-state index contributed by atoms with van der Waals surface area (Å²) in [5, 5.41) is 1.98. The second-order valence-corrected chi connectivity index (χ2v) is 4.16. The number of nitrogens with zero attached hydrogens (tertiary/aromatic N) is 1. The molecule has 3 aromatic heterocycles. The van der Waals surface area contributed by atoms with Gasteiger partial charge in [-0.05, 0) is 18.2 Å². The van der Waals surface area contributed by atoms with Crippen molar-refractivity contribution in [2.75, 3.05) is 0 Å². The predicted molar refractivity (Wildman–Crippen MR) is 69.6 cm³/mol. The minimum Gasteiger partial charge on any atom is -0.421 e. The van der Waals surface area contributed by atoms with Crippen molar-refractivity contribution in [1.29, 1.82) is 0 Å². The number of aromatic amines is 1. The third-order valence-electron chi connectivity index (χ3n) is 3.11. The number of aromatic nitrogens is 2. The lowest BCUT2D eigenvalue weighted by Gasteiger charge is -1.95. The Balaban J connectivity index is 2.39. The summed E-state index contributed by atoms with van der Waals surface area (Å²) in [7, 11) is 0. The third-order valence-corrected chi connectivity index (χ3v) is 3.11. The van der Waals surface area contributed by atoms with Crippen molar-refractivity contribution < 1.29 is 4.42 Å². The molecule has 0 aliphatic carbocycles. The Morgan fingerprint density at radius 3 is 2.83 bits per heavy atom. The molecule has 0 unspecified atom stereocenters. The van der Waals surface area contributed by atoms with E-state index in [0.29, 0.717) is 22.2 Å². The minimum absolute atomic E-state index is 0.0446. The van der Waals surface area contributed by atoms with Crippen LogP contribution in [-0.2, 0) is 0 Å². The summed E-state index contributed by atoms with van der Waals surface area (Å²) in [6.45, 7) is 0. The van der Waals surface area contributed by atoms with E-state index in [2.05, 4.69) is 9.97 Å². The highest BCUT2D eigenvalue weighted by Crippen LogP contribution is 2.24. The van der Waals surface area contributed by atoms with Gasteiger partial charge in [-0.2, -0.15) is 0 Å². The summed E-state index contributed by atoms with van der Waals surface area (Å²) in [6.07, 6.45) is 1.61. The van der Waals surface area contributed by atoms with E-state index < -0.39 is 0 Å². The zero-order valence-corrected chi connectivity index (χ0v) is 9.31. The fourth-order valence-electron chi connectivity index (χ4n) is 2.30. The SMILES string of the molecule is O=c1c2cccnc2oc2[nH]c3ccccc3c12. The van der Waals surface area contributed by atoms with Crippen LogP contribution in [0.15, 0.2) is 51.8 Å². The van der Waals surface area contributed by atoms with Gasteiger partial charge in [-0.3, -0.25) is 4.79 Å². The van der Waals surface area contributed by atoms with Crippen LogP contribution in [0.2, 0.25) is 0 Å². The molecule has 4 heteroatoms. The average molecular weight is 236 g/mol. The van der Waals surface area contributed by atoms with Crippen LogP contribution in [0.5, 0.6) is 0 Å². The molecule has 1 N–H and O–H groups in total. The van der Waals surface area contributed by atoms with Gasteiger partial charge >= 0.3 is 0 Å². The molecule has 0 amide bonds. The lowest BCUT2D eigenvalue weighted by Crippen LogP contribution is -2.01. The van der Waals surface area contributed by atoms with Gasteiger partial charge in [0.15, 0.2) is 0 Å².